The first-order chi connectivity index (χ1) is 9.98. The van der Waals surface area contributed by atoms with E-state index >= 15 is 0 Å². The molecule has 3 aliphatic rings. The summed E-state index contributed by atoms with van der Waals surface area (Å²) in [5.41, 5.74) is -0.605. The van der Waals surface area contributed by atoms with Crippen LogP contribution in [0, 0.1) is 17.8 Å². The number of likely N-dealkylation sites (tertiary alicyclic amines) is 1. The van der Waals surface area contributed by atoms with Gasteiger partial charge in [0.25, 0.3) is 0 Å². The van der Waals surface area contributed by atoms with Crippen LogP contribution in [0.5, 0.6) is 0 Å². The molecule has 116 valence electrons. The number of amides is 1. The van der Waals surface area contributed by atoms with Crippen LogP contribution >= 0.6 is 0 Å². The van der Waals surface area contributed by atoms with E-state index in [1.165, 1.54) is 0 Å². The fourth-order valence-electron chi connectivity index (χ4n) is 3.74. The molecular formula is C16H23NO4. The predicted molar refractivity (Wildman–Crippen MR) is 76.4 cm³/mol. The molecule has 2 saturated heterocycles. The molecule has 2 fully saturated rings. The Morgan fingerprint density at radius 2 is 2.33 bits per heavy atom. The highest BCUT2D eigenvalue weighted by Gasteiger charge is 2.67. The van der Waals surface area contributed by atoms with Gasteiger partial charge in [-0.15, -0.1) is 0 Å². The van der Waals surface area contributed by atoms with Crippen LogP contribution in [0.4, 0.5) is 0 Å². The summed E-state index contributed by atoms with van der Waals surface area (Å²) in [6.45, 7) is 7.78. The lowest BCUT2D eigenvalue weighted by molar-refractivity contribution is -0.153. The summed E-state index contributed by atoms with van der Waals surface area (Å²) < 4.78 is 11.3. The number of nitrogens with zero attached hydrogens (tertiary/aromatic N) is 1. The zero-order valence-electron chi connectivity index (χ0n) is 12.9. The number of carbonyl (C=O) groups is 2. The minimum Gasteiger partial charge on any atom is -0.465 e. The molecule has 0 aromatic heterocycles. The van der Waals surface area contributed by atoms with E-state index in [0.29, 0.717) is 25.6 Å². The Morgan fingerprint density at radius 3 is 3.00 bits per heavy atom. The van der Waals surface area contributed by atoms with E-state index in [1.54, 1.807) is 0 Å². The summed E-state index contributed by atoms with van der Waals surface area (Å²) in [6, 6.07) is 0. The molecule has 0 radical (unpaired) electrons. The van der Waals surface area contributed by atoms with Gasteiger partial charge in [-0.3, -0.25) is 9.59 Å². The molecule has 3 heterocycles. The summed E-state index contributed by atoms with van der Waals surface area (Å²) in [4.78, 5) is 26.8. The van der Waals surface area contributed by atoms with E-state index in [0.717, 1.165) is 6.42 Å². The third kappa shape index (κ3) is 2.18. The largest absolute Gasteiger partial charge is 0.465 e. The average molecular weight is 293 g/mol. The quantitative estimate of drug-likeness (QED) is 0.567. The second-order valence-corrected chi connectivity index (χ2v) is 6.68. The average Bonchev–Trinajstić information content (AvgIpc) is 3.04. The van der Waals surface area contributed by atoms with Gasteiger partial charge in [-0.25, -0.2) is 0 Å². The number of esters is 1. The first-order valence-corrected chi connectivity index (χ1v) is 7.81. The first-order valence-electron chi connectivity index (χ1n) is 7.81. The van der Waals surface area contributed by atoms with Gasteiger partial charge in [0.2, 0.25) is 5.91 Å². The van der Waals surface area contributed by atoms with Crippen LogP contribution in [0.2, 0.25) is 0 Å². The van der Waals surface area contributed by atoms with Gasteiger partial charge in [0.1, 0.15) is 11.5 Å². The number of hydrogen-bond acceptors (Lipinski definition) is 4. The number of fused-ring (bicyclic) bond motifs is 1. The van der Waals surface area contributed by atoms with Crippen molar-refractivity contribution in [2.24, 2.45) is 17.8 Å². The van der Waals surface area contributed by atoms with Crippen LogP contribution in [-0.2, 0) is 19.1 Å². The molecule has 5 heteroatoms. The highest BCUT2D eigenvalue weighted by molar-refractivity contribution is 5.91. The summed E-state index contributed by atoms with van der Waals surface area (Å²) >= 11 is 0. The molecule has 2 unspecified atom stereocenters. The zero-order valence-corrected chi connectivity index (χ0v) is 12.9. The molecule has 5 nitrogen and oxygen atoms in total. The van der Waals surface area contributed by atoms with Crippen molar-refractivity contribution in [2.75, 3.05) is 19.7 Å². The minimum absolute atomic E-state index is 0.0361. The third-order valence-electron chi connectivity index (χ3n) is 4.48. The molecule has 1 spiro atoms. The fourth-order valence-corrected chi connectivity index (χ4v) is 3.74. The van der Waals surface area contributed by atoms with Crippen molar-refractivity contribution < 1.29 is 19.1 Å². The van der Waals surface area contributed by atoms with E-state index in [9.17, 15) is 9.59 Å². The van der Waals surface area contributed by atoms with Crippen molar-refractivity contribution in [1.82, 2.24) is 4.90 Å². The predicted octanol–water partition coefficient (Wildman–Crippen LogP) is 1.38. The topological polar surface area (TPSA) is 55.8 Å². The molecule has 4 atom stereocenters. The van der Waals surface area contributed by atoms with Crippen molar-refractivity contribution in [3.63, 3.8) is 0 Å². The highest BCUT2D eigenvalue weighted by atomic mass is 16.6. The first kappa shape index (κ1) is 14.6. The smallest absolute Gasteiger partial charge is 0.312 e. The lowest BCUT2D eigenvalue weighted by Crippen LogP contribution is -2.40. The monoisotopic (exact) mass is 293 g/mol. The Kier molecular flexibility index (Phi) is 3.56. The molecule has 21 heavy (non-hydrogen) atoms. The van der Waals surface area contributed by atoms with E-state index in [1.807, 2.05) is 24.0 Å². The van der Waals surface area contributed by atoms with Gasteiger partial charge in [-0.1, -0.05) is 32.9 Å². The lowest BCUT2D eigenvalue weighted by atomic mass is 9.77. The van der Waals surface area contributed by atoms with Crippen molar-refractivity contribution in [3.05, 3.63) is 12.2 Å². The Bertz CT molecular complexity index is 487. The van der Waals surface area contributed by atoms with Gasteiger partial charge in [-0.2, -0.15) is 0 Å². The van der Waals surface area contributed by atoms with Gasteiger partial charge in [0.15, 0.2) is 0 Å². The molecule has 1 amide bonds. The Balaban J connectivity index is 1.82. The number of rotatable bonds is 5. The molecule has 0 saturated carbocycles. The maximum atomic E-state index is 12.7. The maximum absolute atomic E-state index is 12.7. The third-order valence-corrected chi connectivity index (χ3v) is 4.48. The second-order valence-electron chi connectivity index (χ2n) is 6.68. The Hall–Kier alpha value is -1.36. The van der Waals surface area contributed by atoms with Gasteiger partial charge in [-0.05, 0) is 12.3 Å². The number of ether oxygens (including phenoxy) is 2. The van der Waals surface area contributed by atoms with Gasteiger partial charge >= 0.3 is 5.97 Å². The standard InChI is InChI=1S/C16H23NO4/c1-4-7-20-15(19)12-11-5-6-16(21-11)9-17(8-10(2)3)14(18)13(12)16/h5-6,10-13H,4,7-9H2,1-3H3/t11-,12?,13-,16?/m0/s1. The summed E-state index contributed by atoms with van der Waals surface area (Å²) in [5, 5.41) is 0. The molecule has 0 aliphatic carbocycles. The van der Waals surface area contributed by atoms with Crippen LogP contribution in [-0.4, -0.2) is 48.2 Å². The van der Waals surface area contributed by atoms with Crippen LogP contribution in [0.25, 0.3) is 0 Å². The molecule has 0 aromatic carbocycles. The Morgan fingerprint density at radius 1 is 1.57 bits per heavy atom. The second kappa shape index (κ2) is 5.13. The Labute approximate surface area is 125 Å². The molecule has 0 aromatic rings. The maximum Gasteiger partial charge on any atom is 0.312 e. The number of hydrogen-bond donors (Lipinski definition) is 0. The van der Waals surface area contributed by atoms with E-state index in [2.05, 4.69) is 13.8 Å². The highest BCUT2D eigenvalue weighted by Crippen LogP contribution is 2.52. The van der Waals surface area contributed by atoms with Crippen LogP contribution < -0.4 is 0 Å². The fraction of sp³-hybridized carbons (Fsp3) is 0.750. The van der Waals surface area contributed by atoms with Gasteiger partial charge in [0, 0.05) is 6.54 Å². The van der Waals surface area contributed by atoms with E-state index in [4.69, 9.17) is 9.47 Å². The van der Waals surface area contributed by atoms with Crippen LogP contribution in [0.3, 0.4) is 0 Å². The molecular weight excluding hydrogens is 270 g/mol. The molecule has 3 aliphatic heterocycles. The van der Waals surface area contributed by atoms with Crippen LogP contribution in [0.15, 0.2) is 12.2 Å². The van der Waals surface area contributed by atoms with Crippen molar-refractivity contribution >= 4 is 11.9 Å². The summed E-state index contributed by atoms with van der Waals surface area (Å²) in [7, 11) is 0. The zero-order chi connectivity index (χ0) is 15.2. The van der Waals surface area contributed by atoms with Crippen LogP contribution in [0.1, 0.15) is 27.2 Å². The molecule has 2 bridgehead atoms. The van der Waals surface area contributed by atoms with Gasteiger partial charge < -0.3 is 14.4 Å². The van der Waals surface area contributed by atoms with E-state index in [-0.39, 0.29) is 18.0 Å². The number of carbonyl (C=O) groups excluding carboxylic acids is 2. The summed E-state index contributed by atoms with van der Waals surface area (Å²) in [5.74, 6) is -0.746. The van der Waals surface area contributed by atoms with E-state index < -0.39 is 17.4 Å². The minimum atomic E-state index is -0.605. The lowest BCUT2D eigenvalue weighted by Gasteiger charge is -2.22. The molecule has 0 N–H and O–H groups in total. The SMILES string of the molecule is CCCOC(=O)C1[C@@H]2C=CC3(CN(CC(C)C)C(=O)[C@H]13)O2. The molecule has 3 rings (SSSR count). The summed E-state index contributed by atoms with van der Waals surface area (Å²) in [6.07, 6.45) is 4.37. The van der Waals surface area contributed by atoms with Crippen molar-refractivity contribution in [2.45, 2.75) is 38.9 Å². The van der Waals surface area contributed by atoms with Crippen molar-refractivity contribution in [3.8, 4) is 0 Å². The van der Waals surface area contributed by atoms with Gasteiger partial charge in [0.05, 0.1) is 25.2 Å². The van der Waals surface area contributed by atoms with Crippen molar-refractivity contribution in [1.29, 1.82) is 0 Å². The normalized spacial score (nSPS) is 36.7.